The highest BCUT2D eigenvalue weighted by Gasteiger charge is 2.52. The Labute approximate surface area is 283 Å². The summed E-state index contributed by atoms with van der Waals surface area (Å²) in [7, 11) is -1.93. The van der Waals surface area contributed by atoms with Gasteiger partial charge < -0.3 is 35.3 Å². The minimum absolute atomic E-state index is 0.169. The van der Waals surface area contributed by atoms with Gasteiger partial charge >= 0.3 is 30.1 Å². The van der Waals surface area contributed by atoms with Crippen molar-refractivity contribution in [3.63, 3.8) is 0 Å². The van der Waals surface area contributed by atoms with Gasteiger partial charge in [-0.3, -0.25) is 23.4 Å². The van der Waals surface area contributed by atoms with E-state index in [0.717, 1.165) is 32.4 Å². The SMILES string of the molecule is CC(=O)OCC1CC(O/N=C(\N)c2nn(-c3c(Cl)cc(C(F)(F)F)cc3Cl)c(N)c2S(C)=O)C(OC(C)=O)C(OC(C)=O)C1OC(C)=O. The van der Waals surface area contributed by atoms with E-state index >= 15 is 0 Å². The lowest BCUT2D eigenvalue weighted by molar-refractivity contribution is -0.221. The van der Waals surface area contributed by atoms with Crippen molar-refractivity contribution in [3.8, 4) is 5.69 Å². The van der Waals surface area contributed by atoms with Gasteiger partial charge in [-0.25, -0.2) is 4.68 Å². The first-order chi connectivity index (χ1) is 22.2. The molecule has 1 aromatic carbocycles. The highest BCUT2D eigenvalue weighted by atomic mass is 35.5. The molecule has 1 aromatic heterocycles. The van der Waals surface area contributed by atoms with E-state index in [9.17, 15) is 36.6 Å². The van der Waals surface area contributed by atoms with E-state index in [1.165, 1.54) is 6.26 Å². The van der Waals surface area contributed by atoms with Crippen molar-refractivity contribution in [2.75, 3.05) is 18.6 Å². The fraction of sp³-hybridized carbons (Fsp3) is 0.481. The summed E-state index contributed by atoms with van der Waals surface area (Å²) in [6.45, 7) is 4.00. The van der Waals surface area contributed by atoms with Crippen molar-refractivity contribution < 1.29 is 60.3 Å². The normalized spacial score (nSPS) is 22.0. The van der Waals surface area contributed by atoms with Crippen LogP contribution in [-0.4, -0.2) is 81.0 Å². The average molecular weight is 745 g/mol. The van der Waals surface area contributed by atoms with E-state index in [-0.39, 0.29) is 35.1 Å². The van der Waals surface area contributed by atoms with Crippen LogP contribution >= 0.6 is 23.2 Å². The molecule has 1 heterocycles. The minimum atomic E-state index is -4.77. The monoisotopic (exact) mass is 743 g/mol. The highest BCUT2D eigenvalue weighted by molar-refractivity contribution is 7.84. The van der Waals surface area contributed by atoms with Crippen LogP contribution in [0.2, 0.25) is 10.0 Å². The molecule has 6 unspecified atom stereocenters. The second-order valence-corrected chi connectivity index (χ2v) is 12.5. The lowest BCUT2D eigenvalue weighted by atomic mass is 9.80. The van der Waals surface area contributed by atoms with Gasteiger partial charge in [-0.15, -0.1) is 0 Å². The molecule has 0 bridgehead atoms. The van der Waals surface area contributed by atoms with Gasteiger partial charge in [0.25, 0.3) is 0 Å². The molecule has 48 heavy (non-hydrogen) atoms. The van der Waals surface area contributed by atoms with Crippen molar-refractivity contribution in [1.82, 2.24) is 9.78 Å². The van der Waals surface area contributed by atoms with Gasteiger partial charge in [-0.2, -0.15) is 18.3 Å². The molecule has 21 heteroatoms. The number of carbonyl (C=O) groups excluding carboxylic acids is 4. The third-order valence-corrected chi connectivity index (χ3v) is 8.22. The molecule has 264 valence electrons. The zero-order valence-electron chi connectivity index (χ0n) is 25.8. The maximum absolute atomic E-state index is 13.3. The van der Waals surface area contributed by atoms with Crippen LogP contribution in [0.5, 0.6) is 0 Å². The lowest BCUT2D eigenvalue weighted by Gasteiger charge is -2.43. The maximum atomic E-state index is 13.3. The highest BCUT2D eigenvalue weighted by Crippen LogP contribution is 2.39. The molecule has 2 aromatic rings. The van der Waals surface area contributed by atoms with Crippen molar-refractivity contribution in [2.45, 2.75) is 69.6 Å². The fourth-order valence-corrected chi connectivity index (χ4v) is 6.32. The molecule has 0 radical (unpaired) electrons. The van der Waals surface area contributed by atoms with Crippen molar-refractivity contribution in [2.24, 2.45) is 16.8 Å². The largest absolute Gasteiger partial charge is 0.465 e. The van der Waals surface area contributed by atoms with Crippen LogP contribution < -0.4 is 11.5 Å². The summed E-state index contributed by atoms with van der Waals surface area (Å²) in [5.74, 6) is -4.95. The number of nitrogens with zero attached hydrogens (tertiary/aromatic N) is 3. The van der Waals surface area contributed by atoms with Crippen LogP contribution in [0.4, 0.5) is 19.0 Å². The van der Waals surface area contributed by atoms with Crippen LogP contribution in [0.25, 0.3) is 5.69 Å². The average Bonchev–Trinajstić information content (AvgIpc) is 3.28. The zero-order chi connectivity index (χ0) is 36.2. The molecule has 0 saturated heterocycles. The Morgan fingerprint density at radius 2 is 1.50 bits per heavy atom. The molecule has 1 aliphatic carbocycles. The van der Waals surface area contributed by atoms with Gasteiger partial charge in [0.1, 0.15) is 28.2 Å². The molecule has 1 saturated carbocycles. The summed E-state index contributed by atoms with van der Waals surface area (Å²) < 4.78 is 74.7. The number of aromatic nitrogens is 2. The summed E-state index contributed by atoms with van der Waals surface area (Å²) in [4.78, 5) is 53.2. The Bertz CT molecular complexity index is 1630. The van der Waals surface area contributed by atoms with Crippen molar-refractivity contribution in [1.29, 1.82) is 0 Å². The van der Waals surface area contributed by atoms with Crippen LogP contribution in [0.1, 0.15) is 45.4 Å². The van der Waals surface area contributed by atoms with Crippen LogP contribution in [-0.2, 0) is 59.9 Å². The van der Waals surface area contributed by atoms with Gasteiger partial charge in [0, 0.05) is 46.3 Å². The molecule has 4 N–H and O–H groups in total. The van der Waals surface area contributed by atoms with Gasteiger partial charge in [-0.1, -0.05) is 28.4 Å². The van der Waals surface area contributed by atoms with E-state index in [1.807, 2.05) is 0 Å². The number of alkyl halides is 3. The lowest BCUT2D eigenvalue weighted by Crippen LogP contribution is -2.59. The van der Waals surface area contributed by atoms with E-state index in [0.29, 0.717) is 12.1 Å². The molecule has 0 spiro atoms. The quantitative estimate of drug-likeness (QED) is 0.118. The minimum Gasteiger partial charge on any atom is -0.465 e. The van der Waals surface area contributed by atoms with Gasteiger partial charge in [-0.05, 0) is 12.1 Å². The number of ether oxygens (including phenoxy) is 4. The molecule has 15 nitrogen and oxygen atoms in total. The molecule has 6 atom stereocenters. The third kappa shape index (κ3) is 9.07. The third-order valence-electron chi connectivity index (χ3n) is 6.67. The molecule has 1 fully saturated rings. The van der Waals surface area contributed by atoms with Crippen LogP contribution in [0, 0.1) is 5.92 Å². The number of nitrogen functional groups attached to an aromatic ring is 1. The first-order valence-corrected chi connectivity index (χ1v) is 16.0. The van der Waals surface area contributed by atoms with Crippen LogP contribution in [0.15, 0.2) is 22.2 Å². The van der Waals surface area contributed by atoms with Crippen molar-refractivity contribution >= 4 is 69.5 Å². The summed E-state index contributed by atoms with van der Waals surface area (Å²) in [5, 5.41) is 7.01. The first-order valence-electron chi connectivity index (χ1n) is 13.7. The number of nitrogens with two attached hydrogens (primary N) is 2. The number of hydrogen-bond donors (Lipinski definition) is 2. The standard InChI is InChI=1S/C27H30Cl2F3N5O10S/c1-10(38)43-9-14-6-18(22(45-12(3)40)23(46-13(4)41)21(14)44-11(2)39)47-36-25(33)19-24(48(5)42)26(34)37(35-19)20-16(28)7-15(8-17(20)29)27(30,31)32/h7-8,14,18,21-23H,6,9,34H2,1-5H3,(H2,33,36). The number of hydrogen-bond acceptors (Lipinski definition) is 13. The molecular weight excluding hydrogens is 714 g/mol. The van der Waals surface area contributed by atoms with E-state index < -0.39 is 92.6 Å². The topological polar surface area (TPSA) is 214 Å². The number of esters is 4. The molecule has 0 amide bonds. The summed E-state index contributed by atoms with van der Waals surface area (Å²) >= 11 is 12.3. The predicted molar refractivity (Wildman–Crippen MR) is 162 cm³/mol. The van der Waals surface area contributed by atoms with E-state index in [1.54, 1.807) is 0 Å². The Morgan fingerprint density at radius 1 is 0.979 bits per heavy atom. The summed E-state index contributed by atoms with van der Waals surface area (Å²) in [6, 6.07) is 1.19. The number of oxime groups is 1. The number of benzene rings is 1. The number of anilines is 1. The van der Waals surface area contributed by atoms with Gasteiger partial charge in [0.05, 0.1) is 33.0 Å². The predicted octanol–water partition coefficient (Wildman–Crippen LogP) is 2.90. The van der Waals surface area contributed by atoms with Gasteiger partial charge in [0.15, 0.2) is 24.1 Å². The van der Waals surface area contributed by atoms with E-state index in [4.69, 9.17) is 58.5 Å². The number of carbonyl (C=O) groups is 4. The Hall–Kier alpha value is -4.10. The van der Waals surface area contributed by atoms with Gasteiger partial charge in [0.2, 0.25) is 0 Å². The zero-order valence-corrected chi connectivity index (χ0v) is 28.2. The maximum Gasteiger partial charge on any atom is 0.416 e. The molecule has 1 aliphatic rings. The molecule has 3 rings (SSSR count). The summed E-state index contributed by atoms with van der Waals surface area (Å²) in [5.41, 5.74) is 10.6. The summed E-state index contributed by atoms with van der Waals surface area (Å²) in [6.07, 6.45) is -9.21. The Morgan fingerprint density at radius 3 is 1.98 bits per heavy atom. The second-order valence-electron chi connectivity index (χ2n) is 10.4. The first kappa shape index (κ1) is 38.3. The smallest absolute Gasteiger partial charge is 0.416 e. The Kier molecular flexibility index (Phi) is 12.3. The molecule has 0 aliphatic heterocycles. The number of amidine groups is 1. The number of rotatable bonds is 10. The van der Waals surface area contributed by atoms with Crippen LogP contribution in [0.3, 0.4) is 0 Å². The molecular formula is C27H30Cl2F3N5O10S. The van der Waals surface area contributed by atoms with E-state index in [2.05, 4.69) is 10.3 Å². The van der Waals surface area contributed by atoms with Crippen molar-refractivity contribution in [3.05, 3.63) is 33.4 Å². The second kappa shape index (κ2) is 15.4. The fourth-order valence-electron chi connectivity index (χ4n) is 4.88. The Balaban J connectivity index is 2.10. The number of halogens is 5.